The van der Waals surface area contributed by atoms with Crippen LogP contribution in [0.1, 0.15) is 12.6 Å². The van der Waals surface area contributed by atoms with E-state index in [0.717, 1.165) is 11.9 Å². The molecule has 6 nitrogen and oxygen atoms in total. The molecular formula is C17H24N4O2. The second-order valence-electron chi connectivity index (χ2n) is 5.91. The molecule has 2 aromatic rings. The van der Waals surface area contributed by atoms with Gasteiger partial charge in [-0.2, -0.15) is 5.10 Å². The van der Waals surface area contributed by atoms with Gasteiger partial charge in [0, 0.05) is 32.1 Å². The minimum atomic E-state index is -0.111. The molecule has 0 aliphatic rings. The summed E-state index contributed by atoms with van der Waals surface area (Å²) in [6.07, 6.45) is 0.199. The molecule has 0 fully saturated rings. The van der Waals surface area contributed by atoms with Gasteiger partial charge in [-0.25, -0.2) is 4.68 Å². The van der Waals surface area contributed by atoms with Gasteiger partial charge in [-0.05, 0) is 27.1 Å². The number of likely N-dealkylation sites (N-methyl/N-ethyl adjacent to an activating group) is 2. The third-order valence-electron chi connectivity index (χ3n) is 3.87. The summed E-state index contributed by atoms with van der Waals surface area (Å²) in [6.45, 7) is 3.83. The Balaban J connectivity index is 2.31. The van der Waals surface area contributed by atoms with Crippen LogP contribution >= 0.6 is 0 Å². The Bertz CT molecular complexity index is 752. The second kappa shape index (κ2) is 7.37. The van der Waals surface area contributed by atoms with Crippen LogP contribution in [-0.2, 0) is 17.8 Å². The number of hydrogen-bond donors (Lipinski definition) is 0. The number of aryl methyl sites for hydroxylation is 1. The molecule has 1 aromatic carbocycles. The first kappa shape index (κ1) is 17.1. The van der Waals surface area contributed by atoms with Crippen LogP contribution in [0.3, 0.4) is 0 Å². The maximum Gasteiger partial charge on any atom is 0.274 e. The van der Waals surface area contributed by atoms with E-state index in [9.17, 15) is 9.59 Å². The summed E-state index contributed by atoms with van der Waals surface area (Å²) >= 11 is 0. The second-order valence-corrected chi connectivity index (χ2v) is 5.91. The van der Waals surface area contributed by atoms with Crippen molar-refractivity contribution in [3.63, 3.8) is 0 Å². The number of hydrogen-bond acceptors (Lipinski definition) is 4. The number of benzene rings is 1. The number of amides is 1. The molecule has 1 aromatic heterocycles. The molecule has 1 heterocycles. The first-order chi connectivity index (χ1) is 10.9. The molecule has 0 saturated carbocycles. The van der Waals surface area contributed by atoms with Crippen LogP contribution in [0.25, 0.3) is 10.8 Å². The van der Waals surface area contributed by atoms with Crippen molar-refractivity contribution in [1.82, 2.24) is 19.6 Å². The highest BCUT2D eigenvalue weighted by molar-refractivity contribution is 5.88. The Morgan fingerprint density at radius 2 is 1.78 bits per heavy atom. The minimum absolute atomic E-state index is 0.00538. The van der Waals surface area contributed by atoms with Gasteiger partial charge in [0.25, 0.3) is 5.56 Å². The zero-order valence-corrected chi connectivity index (χ0v) is 14.2. The first-order valence-corrected chi connectivity index (χ1v) is 7.81. The average molecular weight is 316 g/mol. The molecule has 23 heavy (non-hydrogen) atoms. The van der Waals surface area contributed by atoms with E-state index in [-0.39, 0.29) is 17.9 Å². The van der Waals surface area contributed by atoms with Crippen LogP contribution < -0.4 is 5.56 Å². The highest BCUT2D eigenvalue weighted by Crippen LogP contribution is 2.14. The van der Waals surface area contributed by atoms with Crippen LogP contribution in [-0.4, -0.2) is 59.7 Å². The van der Waals surface area contributed by atoms with Gasteiger partial charge in [0.2, 0.25) is 5.91 Å². The molecule has 0 saturated heterocycles. The topological polar surface area (TPSA) is 58.4 Å². The van der Waals surface area contributed by atoms with Crippen molar-refractivity contribution >= 4 is 16.7 Å². The largest absolute Gasteiger partial charge is 0.344 e. The summed E-state index contributed by atoms with van der Waals surface area (Å²) in [6, 6.07) is 7.34. The molecule has 0 aliphatic heterocycles. The Hall–Kier alpha value is -2.21. The van der Waals surface area contributed by atoms with Gasteiger partial charge in [0.05, 0.1) is 17.5 Å². The summed E-state index contributed by atoms with van der Waals surface area (Å²) < 4.78 is 1.42. The van der Waals surface area contributed by atoms with Crippen molar-refractivity contribution in [3.8, 4) is 0 Å². The normalized spacial score (nSPS) is 11.2. The van der Waals surface area contributed by atoms with E-state index in [0.29, 0.717) is 24.2 Å². The van der Waals surface area contributed by atoms with E-state index in [4.69, 9.17) is 0 Å². The van der Waals surface area contributed by atoms with Crippen molar-refractivity contribution in [2.75, 3.05) is 34.2 Å². The van der Waals surface area contributed by atoms with Crippen molar-refractivity contribution in [2.45, 2.75) is 19.9 Å². The molecule has 124 valence electrons. The number of aromatic nitrogens is 2. The van der Waals surface area contributed by atoms with Gasteiger partial charge in [0.1, 0.15) is 0 Å². The third-order valence-corrected chi connectivity index (χ3v) is 3.87. The molecule has 0 atom stereocenters. The minimum Gasteiger partial charge on any atom is -0.344 e. The monoisotopic (exact) mass is 316 g/mol. The number of nitrogens with zero attached hydrogens (tertiary/aromatic N) is 4. The Kier molecular flexibility index (Phi) is 5.50. The van der Waals surface area contributed by atoms with E-state index < -0.39 is 0 Å². The lowest BCUT2D eigenvalue weighted by atomic mass is 10.1. The Labute approximate surface area is 136 Å². The van der Waals surface area contributed by atoms with E-state index >= 15 is 0 Å². The average Bonchev–Trinajstić information content (AvgIpc) is 2.55. The molecule has 0 bridgehead atoms. The molecule has 2 rings (SSSR count). The fraction of sp³-hybridized carbons (Fsp3) is 0.471. The Morgan fingerprint density at radius 1 is 1.13 bits per heavy atom. The van der Waals surface area contributed by atoms with Crippen LogP contribution in [0, 0.1) is 0 Å². The smallest absolute Gasteiger partial charge is 0.274 e. The fourth-order valence-corrected chi connectivity index (χ4v) is 2.40. The molecule has 0 radical (unpaired) electrons. The van der Waals surface area contributed by atoms with Crippen LogP contribution in [0.5, 0.6) is 0 Å². The van der Waals surface area contributed by atoms with Crippen molar-refractivity contribution in [2.24, 2.45) is 0 Å². The molecule has 0 N–H and O–H groups in total. The molecule has 0 aliphatic carbocycles. The quantitative estimate of drug-likeness (QED) is 0.797. The zero-order chi connectivity index (χ0) is 17.0. The molecule has 0 unspecified atom stereocenters. The summed E-state index contributed by atoms with van der Waals surface area (Å²) in [5, 5.41) is 5.76. The summed E-state index contributed by atoms with van der Waals surface area (Å²) in [5.74, 6) is 0.00538. The van der Waals surface area contributed by atoms with Gasteiger partial charge in [-0.15, -0.1) is 0 Å². The highest BCUT2D eigenvalue weighted by atomic mass is 16.2. The lowest BCUT2D eigenvalue weighted by molar-refractivity contribution is -0.129. The predicted octanol–water partition coefficient (Wildman–Crippen LogP) is 0.979. The van der Waals surface area contributed by atoms with Crippen LogP contribution in [0.2, 0.25) is 0 Å². The summed E-state index contributed by atoms with van der Waals surface area (Å²) in [4.78, 5) is 28.5. The fourth-order valence-electron chi connectivity index (χ4n) is 2.40. The Morgan fingerprint density at radius 3 is 2.39 bits per heavy atom. The van der Waals surface area contributed by atoms with Gasteiger partial charge >= 0.3 is 0 Å². The van der Waals surface area contributed by atoms with Gasteiger partial charge < -0.3 is 9.80 Å². The molecule has 1 amide bonds. The van der Waals surface area contributed by atoms with Gasteiger partial charge in [-0.1, -0.05) is 18.2 Å². The van der Waals surface area contributed by atoms with Crippen LogP contribution in [0.15, 0.2) is 29.1 Å². The first-order valence-electron chi connectivity index (χ1n) is 7.81. The number of carbonyl (C=O) groups excluding carboxylic acids is 1. The lowest BCUT2D eigenvalue weighted by Crippen LogP contribution is -2.35. The van der Waals surface area contributed by atoms with E-state index in [2.05, 4.69) is 5.10 Å². The van der Waals surface area contributed by atoms with E-state index in [1.807, 2.05) is 44.1 Å². The van der Waals surface area contributed by atoms with Gasteiger partial charge in [0.15, 0.2) is 0 Å². The number of fused-ring (bicyclic) bond motifs is 1. The zero-order valence-electron chi connectivity index (χ0n) is 14.2. The predicted molar refractivity (Wildman–Crippen MR) is 91.6 cm³/mol. The lowest BCUT2D eigenvalue weighted by Gasteiger charge is -2.20. The third kappa shape index (κ3) is 3.96. The highest BCUT2D eigenvalue weighted by Gasteiger charge is 2.15. The maximum atomic E-state index is 12.4. The maximum absolute atomic E-state index is 12.4. The SMILES string of the molecule is CCn1nc(CC(=O)N(C)CCN(C)C)c2ccccc2c1=O. The van der Waals surface area contributed by atoms with E-state index in [1.54, 1.807) is 18.0 Å². The molecule has 6 heteroatoms. The van der Waals surface area contributed by atoms with E-state index in [1.165, 1.54) is 4.68 Å². The number of rotatable bonds is 6. The van der Waals surface area contributed by atoms with Crippen molar-refractivity contribution < 1.29 is 4.79 Å². The number of carbonyl (C=O) groups is 1. The molecular weight excluding hydrogens is 292 g/mol. The van der Waals surface area contributed by atoms with Crippen molar-refractivity contribution in [1.29, 1.82) is 0 Å². The van der Waals surface area contributed by atoms with Gasteiger partial charge in [-0.3, -0.25) is 9.59 Å². The standard InChI is InChI=1S/C17H24N4O2/c1-5-21-17(23)14-9-7-6-8-13(14)15(18-21)12-16(22)20(4)11-10-19(2)3/h6-9H,5,10-12H2,1-4H3. The summed E-state index contributed by atoms with van der Waals surface area (Å²) in [7, 11) is 5.75. The summed E-state index contributed by atoms with van der Waals surface area (Å²) in [5.41, 5.74) is 0.545. The molecule has 0 spiro atoms. The van der Waals surface area contributed by atoms with Crippen molar-refractivity contribution in [3.05, 3.63) is 40.3 Å². The van der Waals surface area contributed by atoms with Crippen LogP contribution in [0.4, 0.5) is 0 Å².